The maximum atomic E-state index is 12.9. The Morgan fingerprint density at radius 1 is 1.06 bits per heavy atom. The van der Waals surface area contributed by atoms with Crippen LogP contribution < -0.4 is 4.90 Å². The number of hydrogen-bond donors (Lipinski definition) is 0. The van der Waals surface area contributed by atoms with Crippen LogP contribution in [0.4, 0.5) is 5.82 Å². The van der Waals surface area contributed by atoms with E-state index in [1.807, 2.05) is 19.1 Å². The van der Waals surface area contributed by atoms with Gasteiger partial charge in [0, 0.05) is 64.0 Å². The summed E-state index contributed by atoms with van der Waals surface area (Å²) >= 11 is 0. The summed E-state index contributed by atoms with van der Waals surface area (Å²) in [6.07, 6.45) is 2.40. The summed E-state index contributed by atoms with van der Waals surface area (Å²) in [5.41, 5.74) is 1.26. The number of piperazine rings is 1. The minimum atomic E-state index is -3.52. The molecule has 11 heteroatoms. The lowest BCUT2D eigenvalue weighted by atomic mass is 10.2. The summed E-state index contributed by atoms with van der Waals surface area (Å²) in [5, 5.41) is 3.97. The van der Waals surface area contributed by atoms with Gasteiger partial charge in [-0.2, -0.15) is 4.98 Å². The van der Waals surface area contributed by atoms with Crippen LogP contribution >= 0.6 is 0 Å². The SMILES string of the molecule is CCc1nc(-c2ccc(N3CCN(C(=O)c4ccc(S(=O)(=O)N(C)C)cc4)CC3)nc2)no1. The molecule has 0 N–H and O–H groups in total. The molecule has 3 aromatic rings. The lowest BCUT2D eigenvalue weighted by Gasteiger charge is -2.35. The Morgan fingerprint density at radius 3 is 2.30 bits per heavy atom. The minimum absolute atomic E-state index is 0.115. The largest absolute Gasteiger partial charge is 0.353 e. The lowest BCUT2D eigenvalue weighted by Crippen LogP contribution is -2.49. The van der Waals surface area contributed by atoms with Crippen LogP contribution in [-0.4, -0.2) is 78.9 Å². The molecule has 1 aliphatic rings. The van der Waals surface area contributed by atoms with Crippen LogP contribution in [-0.2, 0) is 16.4 Å². The first-order valence-electron chi connectivity index (χ1n) is 10.7. The number of nitrogens with zero attached hydrogens (tertiary/aromatic N) is 6. The van der Waals surface area contributed by atoms with Gasteiger partial charge >= 0.3 is 0 Å². The molecule has 0 aliphatic carbocycles. The standard InChI is InChI=1S/C22H26N6O4S/c1-4-20-24-21(25-32-20)17-7-10-19(23-15-17)27-11-13-28(14-12-27)22(29)16-5-8-18(9-6-16)33(30,31)26(2)3/h5-10,15H,4,11-14H2,1-3H3. The zero-order valence-electron chi connectivity index (χ0n) is 18.8. The Balaban J connectivity index is 1.37. The number of pyridine rings is 1. The van der Waals surface area contributed by atoms with Crippen LogP contribution in [0.25, 0.3) is 11.4 Å². The second-order valence-corrected chi connectivity index (χ2v) is 10.0. The fourth-order valence-corrected chi connectivity index (χ4v) is 4.42. The molecule has 4 rings (SSSR count). The van der Waals surface area contributed by atoms with E-state index in [-0.39, 0.29) is 10.8 Å². The fourth-order valence-electron chi connectivity index (χ4n) is 3.52. The molecule has 33 heavy (non-hydrogen) atoms. The zero-order chi connectivity index (χ0) is 23.6. The molecule has 0 atom stereocenters. The third kappa shape index (κ3) is 4.74. The molecule has 1 fully saturated rings. The number of sulfonamides is 1. The molecule has 3 heterocycles. The first-order valence-corrected chi connectivity index (χ1v) is 12.1. The predicted octanol–water partition coefficient (Wildman–Crippen LogP) is 1.91. The fraction of sp³-hybridized carbons (Fsp3) is 0.364. The molecule has 1 amide bonds. The van der Waals surface area contributed by atoms with Crippen LogP contribution in [0.3, 0.4) is 0 Å². The van der Waals surface area contributed by atoms with Crippen LogP contribution in [0.15, 0.2) is 52.0 Å². The molecule has 0 unspecified atom stereocenters. The topological polar surface area (TPSA) is 113 Å². The quantitative estimate of drug-likeness (QED) is 0.537. The van der Waals surface area contributed by atoms with Gasteiger partial charge in [-0.25, -0.2) is 17.7 Å². The highest BCUT2D eigenvalue weighted by atomic mass is 32.2. The van der Waals surface area contributed by atoms with Gasteiger partial charge in [-0.05, 0) is 36.4 Å². The molecule has 0 spiro atoms. The van der Waals surface area contributed by atoms with Crippen LogP contribution in [0.5, 0.6) is 0 Å². The summed E-state index contributed by atoms with van der Waals surface area (Å²) in [6.45, 7) is 4.34. The number of carbonyl (C=O) groups excluding carboxylic acids is 1. The summed E-state index contributed by atoms with van der Waals surface area (Å²) < 4.78 is 30.7. The molecule has 1 saturated heterocycles. The summed E-state index contributed by atoms with van der Waals surface area (Å²) in [7, 11) is -0.570. The van der Waals surface area contributed by atoms with Gasteiger partial charge < -0.3 is 14.3 Å². The Morgan fingerprint density at radius 2 is 1.76 bits per heavy atom. The van der Waals surface area contributed by atoms with Gasteiger partial charge in [0.25, 0.3) is 5.91 Å². The average molecular weight is 471 g/mol. The molecule has 10 nitrogen and oxygen atoms in total. The lowest BCUT2D eigenvalue weighted by molar-refractivity contribution is 0.0746. The maximum Gasteiger partial charge on any atom is 0.253 e. The van der Waals surface area contributed by atoms with E-state index >= 15 is 0 Å². The summed E-state index contributed by atoms with van der Waals surface area (Å²) in [5.74, 6) is 1.81. The second-order valence-electron chi connectivity index (χ2n) is 7.86. The van der Waals surface area contributed by atoms with Crippen molar-refractivity contribution in [2.75, 3.05) is 45.2 Å². The molecule has 0 bridgehead atoms. The molecule has 1 aromatic carbocycles. The van der Waals surface area contributed by atoms with Crippen molar-refractivity contribution in [2.24, 2.45) is 0 Å². The highest BCUT2D eigenvalue weighted by molar-refractivity contribution is 7.89. The first kappa shape index (κ1) is 22.9. The van der Waals surface area contributed by atoms with Gasteiger partial charge in [-0.1, -0.05) is 12.1 Å². The van der Waals surface area contributed by atoms with E-state index in [0.29, 0.717) is 49.9 Å². The number of aromatic nitrogens is 3. The number of amides is 1. The Hall–Kier alpha value is -3.31. The second kappa shape index (κ2) is 9.28. The normalized spacial score (nSPS) is 14.7. The molecule has 2 aromatic heterocycles. The predicted molar refractivity (Wildman–Crippen MR) is 122 cm³/mol. The van der Waals surface area contributed by atoms with Crippen molar-refractivity contribution in [3.8, 4) is 11.4 Å². The summed E-state index contributed by atoms with van der Waals surface area (Å²) in [6, 6.07) is 9.89. The van der Waals surface area contributed by atoms with Crippen LogP contribution in [0, 0.1) is 0 Å². The maximum absolute atomic E-state index is 12.9. The van der Waals surface area contributed by atoms with Crippen molar-refractivity contribution in [1.29, 1.82) is 0 Å². The zero-order valence-corrected chi connectivity index (χ0v) is 19.6. The van der Waals surface area contributed by atoms with Gasteiger partial charge in [0.1, 0.15) is 5.82 Å². The molecule has 0 saturated carbocycles. The van der Waals surface area contributed by atoms with Crippen molar-refractivity contribution in [2.45, 2.75) is 18.2 Å². The van der Waals surface area contributed by atoms with Gasteiger partial charge in [0.2, 0.25) is 21.7 Å². The van der Waals surface area contributed by atoms with Gasteiger partial charge in [0.05, 0.1) is 4.90 Å². The monoisotopic (exact) mass is 470 g/mol. The van der Waals surface area contributed by atoms with Gasteiger partial charge in [-0.15, -0.1) is 0 Å². The molecule has 174 valence electrons. The molecule has 1 aliphatic heterocycles. The van der Waals surface area contributed by atoms with Crippen LogP contribution in [0.1, 0.15) is 23.2 Å². The third-order valence-electron chi connectivity index (χ3n) is 5.55. The smallest absolute Gasteiger partial charge is 0.253 e. The van der Waals surface area contributed by atoms with E-state index < -0.39 is 10.0 Å². The minimum Gasteiger partial charge on any atom is -0.353 e. The van der Waals surface area contributed by atoms with Crippen molar-refractivity contribution >= 4 is 21.7 Å². The van der Waals surface area contributed by atoms with E-state index in [2.05, 4.69) is 20.0 Å². The molecule has 0 radical (unpaired) electrons. The third-order valence-corrected chi connectivity index (χ3v) is 7.38. The van der Waals surface area contributed by atoms with Crippen molar-refractivity contribution in [3.63, 3.8) is 0 Å². The first-order chi connectivity index (χ1) is 15.8. The Bertz CT molecular complexity index is 1210. The Kier molecular flexibility index (Phi) is 6.43. The number of carbonyl (C=O) groups is 1. The molecular weight excluding hydrogens is 444 g/mol. The molecular formula is C22H26N6O4S. The van der Waals surface area contributed by atoms with Crippen LogP contribution in [0.2, 0.25) is 0 Å². The van der Waals surface area contributed by atoms with E-state index in [1.165, 1.54) is 26.2 Å². The Labute approximate surface area is 192 Å². The number of aryl methyl sites for hydroxylation is 1. The highest BCUT2D eigenvalue weighted by Crippen LogP contribution is 2.21. The number of rotatable bonds is 6. The van der Waals surface area contributed by atoms with E-state index in [9.17, 15) is 13.2 Å². The van der Waals surface area contributed by atoms with Crippen molar-refractivity contribution in [3.05, 3.63) is 54.0 Å². The highest BCUT2D eigenvalue weighted by Gasteiger charge is 2.24. The number of anilines is 1. The van der Waals surface area contributed by atoms with Gasteiger partial charge in [0.15, 0.2) is 0 Å². The summed E-state index contributed by atoms with van der Waals surface area (Å²) in [4.78, 5) is 25.8. The van der Waals surface area contributed by atoms with Crippen molar-refractivity contribution < 1.29 is 17.7 Å². The van der Waals surface area contributed by atoms with E-state index in [4.69, 9.17) is 4.52 Å². The number of hydrogen-bond acceptors (Lipinski definition) is 8. The van der Waals surface area contributed by atoms with E-state index in [1.54, 1.807) is 23.2 Å². The average Bonchev–Trinajstić information content (AvgIpc) is 3.33. The van der Waals surface area contributed by atoms with Gasteiger partial charge in [-0.3, -0.25) is 4.79 Å². The number of benzene rings is 1. The van der Waals surface area contributed by atoms with E-state index in [0.717, 1.165) is 15.7 Å². The van der Waals surface area contributed by atoms with Crippen molar-refractivity contribution in [1.82, 2.24) is 24.3 Å².